The van der Waals surface area contributed by atoms with Gasteiger partial charge in [0.1, 0.15) is 0 Å². The molecule has 5 aliphatic carbocycles. The van der Waals surface area contributed by atoms with Gasteiger partial charge >= 0.3 is 0 Å². The number of benzene rings is 3. The minimum absolute atomic E-state index is 0.00778. The highest BCUT2D eigenvalue weighted by atomic mass is 14.5. The molecule has 4 atom stereocenters. The first-order valence-electron chi connectivity index (χ1n) is 18.7. The van der Waals surface area contributed by atoms with Crippen molar-refractivity contribution >= 4 is 5.57 Å². The summed E-state index contributed by atoms with van der Waals surface area (Å²) in [5, 5.41) is 0. The molecule has 0 aromatic heterocycles. The molecule has 49 heavy (non-hydrogen) atoms. The number of hydrogen-bond acceptors (Lipinski definition) is 0. The van der Waals surface area contributed by atoms with Gasteiger partial charge in [0.2, 0.25) is 0 Å². The molecule has 4 unspecified atom stereocenters. The van der Waals surface area contributed by atoms with Crippen LogP contribution in [0, 0.1) is 24.7 Å². The molecule has 0 fully saturated rings. The van der Waals surface area contributed by atoms with Crippen LogP contribution in [0.25, 0.3) is 16.7 Å². The van der Waals surface area contributed by atoms with Gasteiger partial charge in [0.25, 0.3) is 0 Å². The molecule has 0 heteroatoms. The van der Waals surface area contributed by atoms with E-state index in [1.165, 1.54) is 44.5 Å². The zero-order valence-electron chi connectivity index (χ0n) is 29.5. The number of hydrogen-bond donors (Lipinski definition) is 0. The van der Waals surface area contributed by atoms with Crippen LogP contribution in [0.4, 0.5) is 0 Å². The predicted octanol–water partition coefficient (Wildman–Crippen LogP) is 13.1. The van der Waals surface area contributed by atoms with Gasteiger partial charge in [-0.05, 0) is 114 Å². The molecule has 0 N–H and O–H groups in total. The summed E-state index contributed by atoms with van der Waals surface area (Å²) in [7, 11) is 0. The summed E-state index contributed by atoms with van der Waals surface area (Å²) in [6, 6.07) is 27.2. The third kappa shape index (κ3) is 6.39. The van der Waals surface area contributed by atoms with Gasteiger partial charge in [0.15, 0.2) is 0 Å². The van der Waals surface area contributed by atoms with E-state index in [4.69, 9.17) is 0 Å². The predicted molar refractivity (Wildman–Crippen MR) is 209 cm³/mol. The Hall–Kier alpha value is -4.42. The highest BCUT2D eigenvalue weighted by Crippen LogP contribution is 2.55. The van der Waals surface area contributed by atoms with Crippen molar-refractivity contribution in [2.75, 3.05) is 0 Å². The Morgan fingerprint density at radius 3 is 2.35 bits per heavy atom. The quantitative estimate of drug-likeness (QED) is 0.230. The Bertz CT molecular complexity index is 1960. The van der Waals surface area contributed by atoms with Crippen molar-refractivity contribution in [1.29, 1.82) is 0 Å². The third-order valence-electron chi connectivity index (χ3n) is 12.1. The van der Waals surface area contributed by atoms with E-state index in [1.807, 2.05) is 0 Å². The van der Waals surface area contributed by atoms with Crippen LogP contribution < -0.4 is 0 Å². The topological polar surface area (TPSA) is 0 Å². The smallest absolute Gasteiger partial charge is 0.0118 e. The molecule has 3 aromatic carbocycles. The Morgan fingerprint density at radius 1 is 0.755 bits per heavy atom. The van der Waals surface area contributed by atoms with Crippen LogP contribution in [0.2, 0.25) is 0 Å². The van der Waals surface area contributed by atoms with Gasteiger partial charge in [-0.15, -0.1) is 0 Å². The normalized spacial score (nSPS) is 24.2. The number of rotatable bonds is 8. The molecule has 0 nitrogen and oxygen atoms in total. The van der Waals surface area contributed by atoms with Crippen LogP contribution in [0.5, 0.6) is 0 Å². The molecule has 3 aromatic rings. The van der Waals surface area contributed by atoms with Crippen molar-refractivity contribution in [1.82, 2.24) is 0 Å². The second kappa shape index (κ2) is 13.5. The highest BCUT2D eigenvalue weighted by Gasteiger charge is 2.43. The van der Waals surface area contributed by atoms with Gasteiger partial charge < -0.3 is 0 Å². The lowest BCUT2D eigenvalue weighted by molar-refractivity contribution is 0.469. The third-order valence-corrected chi connectivity index (χ3v) is 12.1. The summed E-state index contributed by atoms with van der Waals surface area (Å²) in [6.45, 7) is 7.10. The summed E-state index contributed by atoms with van der Waals surface area (Å²) >= 11 is 0. The second-order valence-electron chi connectivity index (χ2n) is 15.5. The van der Waals surface area contributed by atoms with Crippen molar-refractivity contribution in [3.63, 3.8) is 0 Å². The van der Waals surface area contributed by atoms with Gasteiger partial charge in [-0.3, -0.25) is 0 Å². The second-order valence-corrected chi connectivity index (χ2v) is 15.5. The summed E-state index contributed by atoms with van der Waals surface area (Å²) in [4.78, 5) is 0. The van der Waals surface area contributed by atoms with Crippen LogP contribution in [-0.2, 0) is 5.41 Å². The largest absolute Gasteiger partial charge is 0.0839 e. The fourth-order valence-corrected chi connectivity index (χ4v) is 9.17. The van der Waals surface area contributed by atoms with Crippen molar-refractivity contribution < 1.29 is 0 Å². The zero-order chi connectivity index (χ0) is 33.4. The monoisotopic (exact) mass is 638 g/mol. The molecular formula is C49H50. The maximum absolute atomic E-state index is 2.66. The molecule has 0 saturated carbocycles. The maximum atomic E-state index is 2.66. The van der Waals surface area contributed by atoms with E-state index < -0.39 is 0 Å². The summed E-state index contributed by atoms with van der Waals surface area (Å²) in [6.07, 6.45) is 34.9. The van der Waals surface area contributed by atoms with Crippen molar-refractivity contribution in [2.45, 2.75) is 77.0 Å². The van der Waals surface area contributed by atoms with Crippen molar-refractivity contribution in [2.24, 2.45) is 17.8 Å². The van der Waals surface area contributed by atoms with Crippen LogP contribution >= 0.6 is 0 Å². The molecule has 0 aliphatic heterocycles. The Kier molecular flexibility index (Phi) is 8.75. The van der Waals surface area contributed by atoms with E-state index >= 15 is 0 Å². The molecular weight excluding hydrogens is 589 g/mol. The van der Waals surface area contributed by atoms with Gasteiger partial charge in [0, 0.05) is 17.3 Å². The Labute approximate surface area is 294 Å². The first-order chi connectivity index (χ1) is 23.9. The maximum Gasteiger partial charge on any atom is 0.0118 e. The SMILES string of the molecule is Cc1ccc(-c2ccc3c(c2)C(C)(C)C2=CC(C(CCC4=CC=C(c5ccccc5)CC4)C4=CC(C5C=CC=CC5)CC=C4)=CCC23)cc1. The van der Waals surface area contributed by atoms with E-state index in [0.29, 0.717) is 23.7 Å². The van der Waals surface area contributed by atoms with Gasteiger partial charge in [-0.1, -0.05) is 164 Å². The lowest BCUT2D eigenvalue weighted by Gasteiger charge is -2.32. The fraction of sp³-hybridized carbons (Fsp3) is 0.306. The van der Waals surface area contributed by atoms with Crippen LogP contribution in [0.1, 0.15) is 87.0 Å². The lowest BCUT2D eigenvalue weighted by atomic mass is 9.72. The molecule has 0 heterocycles. The zero-order valence-corrected chi connectivity index (χ0v) is 29.5. The molecule has 8 rings (SSSR count). The molecule has 0 bridgehead atoms. The van der Waals surface area contributed by atoms with Crippen LogP contribution in [-0.4, -0.2) is 0 Å². The number of allylic oxidation sites excluding steroid dienone is 16. The van der Waals surface area contributed by atoms with E-state index in [0.717, 1.165) is 44.9 Å². The summed E-state index contributed by atoms with van der Waals surface area (Å²) in [5.74, 6) is 2.07. The van der Waals surface area contributed by atoms with E-state index in [9.17, 15) is 0 Å². The molecule has 246 valence electrons. The number of fused-ring (bicyclic) bond motifs is 3. The van der Waals surface area contributed by atoms with Gasteiger partial charge in [-0.25, -0.2) is 0 Å². The van der Waals surface area contributed by atoms with Crippen molar-refractivity contribution in [3.8, 4) is 11.1 Å². The standard InChI is InChI=1S/C49H50/c1-34-17-22-39(23-18-34)41-26-29-45-46-30-27-43(33-48(46)49(2,3)47(45)32-41)44(42-16-10-15-40(31-42)37-13-8-5-9-14-37)28-21-35-19-24-38(25-20-35)36-11-6-4-7-12-36/h4-13,16-19,22-24,26-27,29,31-33,37,40,44,46H,14-15,20-21,25,28,30H2,1-3H3. The average Bonchev–Trinajstić information content (AvgIpc) is 3.38. The Morgan fingerprint density at radius 2 is 1.57 bits per heavy atom. The molecule has 0 amide bonds. The number of aryl methyl sites for hydroxylation is 1. The minimum atomic E-state index is 0.00778. The Balaban J connectivity index is 1.09. The van der Waals surface area contributed by atoms with Gasteiger partial charge in [0.05, 0.1) is 0 Å². The van der Waals surface area contributed by atoms with Crippen LogP contribution in [0.3, 0.4) is 0 Å². The minimum Gasteiger partial charge on any atom is -0.0839 e. The van der Waals surface area contributed by atoms with E-state index in [-0.39, 0.29) is 5.41 Å². The fourth-order valence-electron chi connectivity index (χ4n) is 9.17. The lowest BCUT2D eigenvalue weighted by Crippen LogP contribution is -2.21. The summed E-state index contributed by atoms with van der Waals surface area (Å²) in [5.41, 5.74) is 16.1. The van der Waals surface area contributed by atoms with Crippen molar-refractivity contribution in [3.05, 3.63) is 184 Å². The molecule has 5 aliphatic rings. The average molecular weight is 639 g/mol. The molecule has 0 saturated heterocycles. The van der Waals surface area contributed by atoms with Gasteiger partial charge in [-0.2, -0.15) is 0 Å². The molecule has 0 radical (unpaired) electrons. The first kappa shape index (κ1) is 31.8. The van der Waals surface area contributed by atoms with E-state index in [2.05, 4.69) is 160 Å². The molecule has 0 spiro atoms. The van der Waals surface area contributed by atoms with E-state index in [1.54, 1.807) is 16.7 Å². The highest BCUT2D eigenvalue weighted by molar-refractivity contribution is 5.70. The first-order valence-corrected chi connectivity index (χ1v) is 18.7. The van der Waals surface area contributed by atoms with Crippen LogP contribution in [0.15, 0.2) is 162 Å². The summed E-state index contributed by atoms with van der Waals surface area (Å²) < 4.78 is 0.